The Hall–Kier alpha value is -1.40. The number of phenols is 1. The van der Waals surface area contributed by atoms with Crippen LogP contribution in [0.15, 0.2) is 12.1 Å². The van der Waals surface area contributed by atoms with Crippen LogP contribution in [0.5, 0.6) is 11.5 Å². The summed E-state index contributed by atoms with van der Waals surface area (Å²) < 4.78 is 10.5. The Balaban J connectivity index is 2.54. The van der Waals surface area contributed by atoms with Crippen molar-refractivity contribution in [2.75, 3.05) is 32.3 Å². The largest absolute Gasteiger partial charge is 0.504 e. The molecule has 0 saturated carbocycles. The lowest BCUT2D eigenvalue weighted by Crippen LogP contribution is -2.54. The van der Waals surface area contributed by atoms with Crippen LogP contribution < -0.4 is 10.1 Å². The zero-order chi connectivity index (χ0) is 16.2. The Morgan fingerprint density at radius 2 is 2.27 bits per heavy atom. The number of thioether (sulfide) groups is 1. The van der Waals surface area contributed by atoms with Crippen molar-refractivity contribution in [2.45, 2.75) is 25.3 Å². The van der Waals surface area contributed by atoms with E-state index in [0.717, 1.165) is 23.3 Å². The normalized spacial score (nSPS) is 20.3. The highest BCUT2D eigenvalue weighted by Gasteiger charge is 2.44. The highest BCUT2D eigenvalue weighted by Crippen LogP contribution is 2.39. The molecular weight excluding hydrogens is 302 g/mol. The van der Waals surface area contributed by atoms with Crippen LogP contribution in [-0.2, 0) is 21.5 Å². The Kier molecular flexibility index (Phi) is 5.58. The molecule has 1 atom stereocenters. The molecule has 22 heavy (non-hydrogen) atoms. The van der Waals surface area contributed by atoms with E-state index in [-0.39, 0.29) is 11.7 Å². The molecule has 0 aromatic heterocycles. The number of fused-ring (bicyclic) bond motifs is 1. The maximum absolute atomic E-state index is 12.7. The van der Waals surface area contributed by atoms with Gasteiger partial charge in [0, 0.05) is 6.54 Å². The van der Waals surface area contributed by atoms with Crippen LogP contribution in [0.1, 0.15) is 24.5 Å². The van der Waals surface area contributed by atoms with E-state index in [1.165, 1.54) is 7.11 Å². The van der Waals surface area contributed by atoms with Gasteiger partial charge in [-0.2, -0.15) is 11.8 Å². The van der Waals surface area contributed by atoms with Crippen molar-refractivity contribution in [3.63, 3.8) is 0 Å². The number of carbonyl (C=O) groups excluding carboxylic acids is 1. The predicted octanol–water partition coefficient (Wildman–Crippen LogP) is 2.06. The average molecular weight is 325 g/mol. The maximum Gasteiger partial charge on any atom is 0.331 e. The van der Waals surface area contributed by atoms with Crippen LogP contribution in [0.3, 0.4) is 0 Å². The third-order valence-corrected chi connectivity index (χ3v) is 4.60. The average Bonchev–Trinajstić information content (AvgIpc) is 2.52. The highest BCUT2D eigenvalue weighted by atomic mass is 32.2. The molecule has 1 aromatic carbocycles. The minimum absolute atomic E-state index is 0.103. The van der Waals surface area contributed by atoms with Crippen molar-refractivity contribution in [2.24, 2.45) is 0 Å². The Labute approximate surface area is 135 Å². The first-order chi connectivity index (χ1) is 10.6. The SMILES string of the molecule is CCOC(=O)C1(CCSC)NCCc2cc(O)c(OC)cc21. The minimum atomic E-state index is -0.867. The third-order valence-electron chi connectivity index (χ3n) is 3.99. The molecule has 1 heterocycles. The lowest BCUT2D eigenvalue weighted by Gasteiger charge is -2.38. The van der Waals surface area contributed by atoms with E-state index in [9.17, 15) is 9.90 Å². The molecule has 1 aliphatic rings. The van der Waals surface area contributed by atoms with Gasteiger partial charge in [-0.05, 0) is 55.0 Å². The van der Waals surface area contributed by atoms with Crippen LogP contribution in [-0.4, -0.2) is 43.3 Å². The fourth-order valence-corrected chi connectivity index (χ4v) is 3.41. The van der Waals surface area contributed by atoms with Gasteiger partial charge in [0.25, 0.3) is 0 Å². The van der Waals surface area contributed by atoms with Gasteiger partial charge in [0.1, 0.15) is 5.54 Å². The number of aromatic hydroxyl groups is 1. The van der Waals surface area contributed by atoms with E-state index in [0.29, 0.717) is 25.3 Å². The van der Waals surface area contributed by atoms with Gasteiger partial charge in [-0.3, -0.25) is 5.32 Å². The summed E-state index contributed by atoms with van der Waals surface area (Å²) >= 11 is 1.69. The topological polar surface area (TPSA) is 67.8 Å². The molecule has 0 radical (unpaired) electrons. The summed E-state index contributed by atoms with van der Waals surface area (Å²) in [5, 5.41) is 13.3. The summed E-state index contributed by atoms with van der Waals surface area (Å²) in [5.41, 5.74) is 0.945. The minimum Gasteiger partial charge on any atom is -0.504 e. The second-order valence-corrected chi connectivity index (χ2v) is 6.21. The van der Waals surface area contributed by atoms with Crippen LogP contribution in [0.25, 0.3) is 0 Å². The number of esters is 1. The van der Waals surface area contributed by atoms with Crippen LogP contribution in [0.4, 0.5) is 0 Å². The van der Waals surface area contributed by atoms with E-state index in [1.807, 2.05) is 6.26 Å². The summed E-state index contributed by atoms with van der Waals surface area (Å²) in [7, 11) is 1.51. The van der Waals surface area contributed by atoms with Crippen LogP contribution >= 0.6 is 11.8 Å². The van der Waals surface area contributed by atoms with Crippen molar-refractivity contribution in [3.05, 3.63) is 23.3 Å². The summed E-state index contributed by atoms with van der Waals surface area (Å²) in [6, 6.07) is 3.45. The summed E-state index contributed by atoms with van der Waals surface area (Å²) in [6.07, 6.45) is 3.40. The van der Waals surface area contributed by atoms with Gasteiger partial charge >= 0.3 is 5.97 Å². The van der Waals surface area contributed by atoms with Crippen molar-refractivity contribution >= 4 is 17.7 Å². The molecule has 2 rings (SSSR count). The molecule has 0 aliphatic carbocycles. The number of nitrogens with one attached hydrogen (secondary N) is 1. The lowest BCUT2D eigenvalue weighted by molar-refractivity contribution is -0.152. The van der Waals surface area contributed by atoms with Gasteiger partial charge in [0.15, 0.2) is 11.5 Å². The first kappa shape index (κ1) is 17.0. The van der Waals surface area contributed by atoms with Gasteiger partial charge in [-0.15, -0.1) is 0 Å². The molecule has 0 bridgehead atoms. The smallest absolute Gasteiger partial charge is 0.331 e. The number of methoxy groups -OCH3 is 1. The molecule has 1 aromatic rings. The number of phenolic OH excluding ortho intramolecular Hbond substituents is 1. The number of carbonyl (C=O) groups is 1. The molecule has 0 spiro atoms. The Bertz CT molecular complexity index is 549. The number of ether oxygens (including phenoxy) is 2. The molecule has 1 unspecified atom stereocenters. The molecule has 1 aliphatic heterocycles. The monoisotopic (exact) mass is 325 g/mol. The molecule has 6 heteroatoms. The van der Waals surface area contributed by atoms with Crippen molar-refractivity contribution < 1.29 is 19.4 Å². The van der Waals surface area contributed by atoms with Crippen LogP contribution in [0.2, 0.25) is 0 Å². The van der Waals surface area contributed by atoms with Gasteiger partial charge in [-0.25, -0.2) is 4.79 Å². The van der Waals surface area contributed by atoms with Crippen LogP contribution in [0, 0.1) is 0 Å². The number of hydrogen-bond donors (Lipinski definition) is 2. The van der Waals surface area contributed by atoms with Gasteiger partial charge in [0.2, 0.25) is 0 Å². The van der Waals surface area contributed by atoms with E-state index in [2.05, 4.69) is 5.32 Å². The zero-order valence-corrected chi connectivity index (χ0v) is 14.1. The summed E-state index contributed by atoms with van der Waals surface area (Å²) in [6.45, 7) is 2.82. The Morgan fingerprint density at radius 3 is 2.91 bits per heavy atom. The number of rotatable bonds is 6. The predicted molar refractivity (Wildman–Crippen MR) is 87.7 cm³/mol. The fraction of sp³-hybridized carbons (Fsp3) is 0.562. The van der Waals surface area contributed by atoms with Crippen molar-refractivity contribution in [1.82, 2.24) is 5.32 Å². The first-order valence-corrected chi connectivity index (χ1v) is 8.80. The van der Waals surface area contributed by atoms with E-state index < -0.39 is 5.54 Å². The Morgan fingerprint density at radius 1 is 1.50 bits per heavy atom. The molecule has 0 saturated heterocycles. The second kappa shape index (κ2) is 7.24. The van der Waals surface area contributed by atoms with Gasteiger partial charge in [-0.1, -0.05) is 0 Å². The quantitative estimate of drug-likeness (QED) is 0.781. The van der Waals surface area contributed by atoms with E-state index >= 15 is 0 Å². The fourth-order valence-electron chi connectivity index (χ4n) is 2.90. The lowest BCUT2D eigenvalue weighted by atomic mass is 9.80. The summed E-state index contributed by atoms with van der Waals surface area (Å²) in [4.78, 5) is 12.7. The molecule has 0 amide bonds. The van der Waals surface area contributed by atoms with Crippen molar-refractivity contribution in [3.8, 4) is 11.5 Å². The standard InChI is InChI=1S/C16H23NO4S/c1-4-21-15(19)16(6-8-22-3)12-10-14(20-2)13(18)9-11(12)5-7-17-16/h9-10,17-18H,4-8H2,1-3H3. The molecule has 122 valence electrons. The highest BCUT2D eigenvalue weighted by molar-refractivity contribution is 7.98. The molecule has 5 nitrogen and oxygen atoms in total. The summed E-state index contributed by atoms with van der Waals surface area (Å²) in [5.74, 6) is 1.04. The zero-order valence-electron chi connectivity index (χ0n) is 13.3. The maximum atomic E-state index is 12.7. The van der Waals surface area contributed by atoms with E-state index in [1.54, 1.807) is 30.8 Å². The molecule has 2 N–H and O–H groups in total. The molecule has 0 fully saturated rings. The number of benzene rings is 1. The van der Waals surface area contributed by atoms with Gasteiger partial charge < -0.3 is 14.6 Å². The van der Waals surface area contributed by atoms with Gasteiger partial charge in [0.05, 0.1) is 13.7 Å². The van der Waals surface area contributed by atoms with E-state index in [4.69, 9.17) is 9.47 Å². The van der Waals surface area contributed by atoms with Crippen molar-refractivity contribution in [1.29, 1.82) is 0 Å². The second-order valence-electron chi connectivity index (χ2n) is 5.23. The molecular formula is C16H23NO4S. The number of hydrogen-bond acceptors (Lipinski definition) is 6. The first-order valence-electron chi connectivity index (χ1n) is 7.40. The third kappa shape index (κ3) is 3.03.